The molecule has 2 rings (SSSR count). The quantitative estimate of drug-likeness (QED) is 0.603. The van der Waals surface area contributed by atoms with Gasteiger partial charge in [0.2, 0.25) is 0 Å². The molecule has 0 nitrogen and oxygen atoms in total. The summed E-state index contributed by atoms with van der Waals surface area (Å²) in [5.74, 6) is -0.00901. The van der Waals surface area contributed by atoms with Crippen LogP contribution in [-0.2, 0) is 0 Å². The van der Waals surface area contributed by atoms with Crippen LogP contribution in [0.4, 0.5) is 4.39 Å². The van der Waals surface area contributed by atoms with Crippen molar-refractivity contribution in [1.82, 2.24) is 0 Å². The van der Waals surface area contributed by atoms with Crippen LogP contribution >= 0.6 is 11.6 Å². The van der Waals surface area contributed by atoms with Crippen LogP contribution in [0, 0.1) is 5.82 Å². The molecule has 0 spiro atoms. The van der Waals surface area contributed by atoms with E-state index >= 15 is 0 Å². The van der Waals surface area contributed by atoms with E-state index in [4.69, 9.17) is 11.6 Å². The molecule has 0 fully saturated rings. The lowest BCUT2D eigenvalue weighted by molar-refractivity contribution is 0.630. The molecule has 0 bridgehead atoms. The Bertz CT molecular complexity index is 503. The standard InChI is InChI=1S/C13H12ClF.C2H6/c1-8(2)10-5-3-4-9-6-7-11(15)13(14)12(9)10;1-2/h3-8H,1-2H3;1-2H3. The molecular weight excluding hydrogens is 235 g/mol. The van der Waals surface area contributed by atoms with Crippen LogP contribution in [-0.4, -0.2) is 0 Å². The number of rotatable bonds is 1. The Balaban J connectivity index is 0.000000686. The van der Waals surface area contributed by atoms with Gasteiger partial charge in [-0.1, -0.05) is 63.6 Å². The molecule has 0 saturated heterocycles. The lowest BCUT2D eigenvalue weighted by atomic mass is 9.96. The molecule has 2 heteroatoms. The summed E-state index contributed by atoms with van der Waals surface area (Å²) in [5, 5.41) is 2.07. The molecule has 0 aliphatic carbocycles. The van der Waals surface area contributed by atoms with Crippen molar-refractivity contribution in [3.05, 3.63) is 46.7 Å². The highest BCUT2D eigenvalue weighted by molar-refractivity contribution is 6.36. The molecule has 0 radical (unpaired) electrons. The number of fused-ring (bicyclic) bond motifs is 1. The van der Waals surface area contributed by atoms with E-state index in [0.717, 1.165) is 16.3 Å². The topological polar surface area (TPSA) is 0 Å². The SMILES string of the molecule is CC.CC(C)c1cccc2ccc(F)c(Cl)c12. The summed E-state index contributed by atoms with van der Waals surface area (Å²) in [6, 6.07) is 9.11. The van der Waals surface area contributed by atoms with Gasteiger partial charge in [0.1, 0.15) is 5.82 Å². The summed E-state index contributed by atoms with van der Waals surface area (Å²) < 4.78 is 13.4. The van der Waals surface area contributed by atoms with Gasteiger partial charge in [0, 0.05) is 5.39 Å². The van der Waals surface area contributed by atoms with E-state index in [0.29, 0.717) is 5.92 Å². The van der Waals surface area contributed by atoms with Gasteiger partial charge in [-0.25, -0.2) is 4.39 Å². The molecule has 0 aliphatic heterocycles. The molecule has 2 aromatic rings. The molecule has 0 aliphatic rings. The molecule has 0 amide bonds. The van der Waals surface area contributed by atoms with Crippen LogP contribution < -0.4 is 0 Å². The van der Waals surface area contributed by atoms with Crippen LogP contribution in [0.5, 0.6) is 0 Å². The predicted molar refractivity (Wildman–Crippen MR) is 74.4 cm³/mol. The molecule has 0 aromatic heterocycles. The second-order valence-electron chi connectivity index (χ2n) is 3.96. The Hall–Kier alpha value is -1.08. The first-order valence-corrected chi connectivity index (χ1v) is 6.35. The van der Waals surface area contributed by atoms with Crippen LogP contribution in [0.2, 0.25) is 5.02 Å². The van der Waals surface area contributed by atoms with Gasteiger partial charge < -0.3 is 0 Å². The van der Waals surface area contributed by atoms with Crippen molar-refractivity contribution in [3.63, 3.8) is 0 Å². The van der Waals surface area contributed by atoms with Crippen LogP contribution in [0.25, 0.3) is 10.8 Å². The minimum absolute atomic E-state index is 0.233. The Morgan fingerprint density at radius 3 is 2.29 bits per heavy atom. The largest absolute Gasteiger partial charge is 0.205 e. The average Bonchev–Trinajstić information content (AvgIpc) is 2.35. The van der Waals surface area contributed by atoms with Crippen molar-refractivity contribution in [1.29, 1.82) is 0 Å². The average molecular weight is 253 g/mol. The Kier molecular flexibility index (Phi) is 4.95. The van der Waals surface area contributed by atoms with Gasteiger partial charge >= 0.3 is 0 Å². The zero-order valence-electron chi connectivity index (χ0n) is 10.7. The molecule has 0 heterocycles. The van der Waals surface area contributed by atoms with Crippen molar-refractivity contribution in [2.75, 3.05) is 0 Å². The number of hydrogen-bond acceptors (Lipinski definition) is 0. The third kappa shape index (κ3) is 2.78. The van der Waals surface area contributed by atoms with E-state index in [1.54, 1.807) is 6.07 Å². The zero-order valence-corrected chi connectivity index (χ0v) is 11.5. The summed E-state index contributed by atoms with van der Waals surface area (Å²) >= 11 is 6.00. The van der Waals surface area contributed by atoms with Gasteiger partial charge in [-0.05, 0) is 22.9 Å². The Morgan fingerprint density at radius 2 is 1.71 bits per heavy atom. The third-order valence-electron chi connectivity index (χ3n) is 2.59. The first-order chi connectivity index (χ1) is 8.11. The van der Waals surface area contributed by atoms with Crippen molar-refractivity contribution >= 4 is 22.4 Å². The van der Waals surface area contributed by atoms with Crippen LogP contribution in [0.15, 0.2) is 30.3 Å². The van der Waals surface area contributed by atoms with E-state index in [1.165, 1.54) is 6.07 Å². The fraction of sp³-hybridized carbons (Fsp3) is 0.333. The minimum atomic E-state index is -0.350. The van der Waals surface area contributed by atoms with E-state index in [9.17, 15) is 4.39 Å². The highest BCUT2D eigenvalue weighted by Gasteiger charge is 2.11. The fourth-order valence-corrected chi connectivity index (χ4v) is 2.10. The third-order valence-corrected chi connectivity index (χ3v) is 2.96. The highest BCUT2D eigenvalue weighted by atomic mass is 35.5. The summed E-state index contributed by atoms with van der Waals surface area (Å²) in [4.78, 5) is 0. The number of benzene rings is 2. The lowest BCUT2D eigenvalue weighted by Crippen LogP contribution is -1.91. The normalized spacial score (nSPS) is 10.3. The fourth-order valence-electron chi connectivity index (χ4n) is 1.82. The van der Waals surface area contributed by atoms with Gasteiger partial charge in [-0.15, -0.1) is 0 Å². The first kappa shape index (κ1) is 14.0. The van der Waals surface area contributed by atoms with E-state index < -0.39 is 0 Å². The molecule has 2 aromatic carbocycles. The summed E-state index contributed by atoms with van der Waals surface area (Å²) in [5.41, 5.74) is 1.09. The maximum Gasteiger partial charge on any atom is 0.142 e. The summed E-state index contributed by atoms with van der Waals surface area (Å²) in [7, 11) is 0. The first-order valence-electron chi connectivity index (χ1n) is 5.98. The van der Waals surface area contributed by atoms with Crippen LogP contribution in [0.3, 0.4) is 0 Å². The number of halogens is 2. The molecule has 0 N–H and O–H groups in total. The van der Waals surface area contributed by atoms with Gasteiger partial charge in [0.25, 0.3) is 0 Å². The second kappa shape index (κ2) is 6.02. The summed E-state index contributed by atoms with van der Waals surface area (Å²) in [6.07, 6.45) is 0. The van der Waals surface area contributed by atoms with Gasteiger partial charge in [-0.3, -0.25) is 0 Å². The maximum atomic E-state index is 13.4. The molecule has 92 valence electrons. The molecule has 0 saturated carbocycles. The van der Waals surface area contributed by atoms with E-state index in [2.05, 4.69) is 13.8 Å². The Labute approximate surface area is 107 Å². The van der Waals surface area contributed by atoms with Crippen molar-refractivity contribution in [2.45, 2.75) is 33.6 Å². The van der Waals surface area contributed by atoms with E-state index in [-0.39, 0.29) is 10.8 Å². The number of hydrogen-bond donors (Lipinski definition) is 0. The zero-order chi connectivity index (χ0) is 13.0. The van der Waals surface area contributed by atoms with Crippen molar-refractivity contribution < 1.29 is 4.39 Å². The molecular formula is C15H18ClF. The smallest absolute Gasteiger partial charge is 0.142 e. The molecule has 0 unspecified atom stereocenters. The van der Waals surface area contributed by atoms with Gasteiger partial charge in [-0.2, -0.15) is 0 Å². The van der Waals surface area contributed by atoms with Crippen molar-refractivity contribution in [3.8, 4) is 0 Å². The second-order valence-corrected chi connectivity index (χ2v) is 4.34. The maximum absolute atomic E-state index is 13.4. The predicted octanol–water partition coefficient (Wildman–Crippen LogP) is 5.78. The minimum Gasteiger partial charge on any atom is -0.205 e. The summed E-state index contributed by atoms with van der Waals surface area (Å²) in [6.45, 7) is 8.16. The lowest BCUT2D eigenvalue weighted by Gasteiger charge is -2.11. The highest BCUT2D eigenvalue weighted by Crippen LogP contribution is 2.32. The van der Waals surface area contributed by atoms with Gasteiger partial charge in [0.15, 0.2) is 0 Å². The van der Waals surface area contributed by atoms with Crippen molar-refractivity contribution in [2.24, 2.45) is 0 Å². The molecule has 17 heavy (non-hydrogen) atoms. The van der Waals surface area contributed by atoms with Gasteiger partial charge in [0.05, 0.1) is 5.02 Å². The van der Waals surface area contributed by atoms with E-state index in [1.807, 2.05) is 32.0 Å². The van der Waals surface area contributed by atoms with Crippen LogP contribution in [0.1, 0.15) is 39.2 Å². The molecule has 0 atom stereocenters. The monoisotopic (exact) mass is 252 g/mol. The Morgan fingerprint density at radius 1 is 1.06 bits per heavy atom.